The molecule has 13 heavy (non-hydrogen) atoms. The molecule has 2 unspecified atom stereocenters. The molecular weight excluding hydrogens is 171 g/mol. The highest BCUT2D eigenvalue weighted by molar-refractivity contribution is 6.51. The Kier molecular flexibility index (Phi) is 1.86. The second kappa shape index (κ2) is 2.90. The highest BCUT2D eigenvalue weighted by atomic mass is 16.5. The summed E-state index contributed by atoms with van der Waals surface area (Å²) >= 11 is 0. The molecule has 6 heteroatoms. The number of hydrogen-bond donors (Lipinski definition) is 3. The summed E-state index contributed by atoms with van der Waals surface area (Å²) in [6.07, 6.45) is 4.75. The second-order valence-corrected chi connectivity index (χ2v) is 2.94. The number of ether oxygens (including phenoxy) is 1. The summed E-state index contributed by atoms with van der Waals surface area (Å²) in [5, 5.41) is 17.8. The van der Waals surface area contributed by atoms with Crippen LogP contribution in [-0.4, -0.2) is 35.3 Å². The van der Waals surface area contributed by atoms with E-state index in [1.807, 2.05) is 0 Å². The van der Waals surface area contributed by atoms with Gasteiger partial charge in [-0.15, -0.1) is 0 Å². The van der Waals surface area contributed by atoms with E-state index in [0.29, 0.717) is 5.47 Å². The quantitative estimate of drug-likeness (QED) is 0.432. The van der Waals surface area contributed by atoms with Crippen molar-refractivity contribution in [3.05, 3.63) is 23.7 Å². The number of fused-ring (bicyclic) bond motifs is 1. The minimum atomic E-state index is -1.46. The first kappa shape index (κ1) is 8.34. The standard InChI is InChI=1S/C7H9BN2O3/c9-7-10-5-3-4(8(11)12)1-2-6(5)13-7/h1-3,5-6,11-12H,(H2,9,10). The third-order valence-electron chi connectivity index (χ3n) is 2.01. The SMILES string of the molecule is NC1=NC2C=C(B(O)O)C=CC2O1. The van der Waals surface area contributed by atoms with Crippen molar-refractivity contribution in [3.63, 3.8) is 0 Å². The van der Waals surface area contributed by atoms with E-state index in [2.05, 4.69) is 4.99 Å². The lowest BCUT2D eigenvalue weighted by Crippen LogP contribution is -2.26. The zero-order valence-corrected chi connectivity index (χ0v) is 6.79. The third-order valence-corrected chi connectivity index (χ3v) is 2.01. The van der Waals surface area contributed by atoms with Crippen molar-refractivity contribution in [1.82, 2.24) is 0 Å². The van der Waals surface area contributed by atoms with E-state index in [0.717, 1.165) is 0 Å². The predicted octanol–water partition coefficient (Wildman–Crippen LogP) is -1.42. The Balaban J connectivity index is 2.21. The molecule has 0 fully saturated rings. The fourth-order valence-corrected chi connectivity index (χ4v) is 1.38. The first-order valence-electron chi connectivity index (χ1n) is 3.93. The fourth-order valence-electron chi connectivity index (χ4n) is 1.38. The van der Waals surface area contributed by atoms with Crippen LogP contribution in [0.1, 0.15) is 0 Å². The number of hydrogen-bond acceptors (Lipinski definition) is 5. The Hall–Kier alpha value is -1.27. The minimum Gasteiger partial charge on any atom is -0.455 e. The Morgan fingerprint density at radius 1 is 1.54 bits per heavy atom. The zero-order valence-electron chi connectivity index (χ0n) is 6.79. The van der Waals surface area contributed by atoms with Gasteiger partial charge in [0.2, 0.25) is 0 Å². The molecule has 5 nitrogen and oxygen atoms in total. The number of nitrogens with zero attached hydrogens (tertiary/aromatic N) is 1. The van der Waals surface area contributed by atoms with Crippen molar-refractivity contribution in [3.8, 4) is 0 Å². The molecule has 0 amide bonds. The van der Waals surface area contributed by atoms with Crippen molar-refractivity contribution in [1.29, 1.82) is 0 Å². The molecule has 4 N–H and O–H groups in total. The fraction of sp³-hybridized carbons (Fsp3) is 0.286. The molecule has 0 spiro atoms. The van der Waals surface area contributed by atoms with Gasteiger partial charge in [0.05, 0.1) is 0 Å². The van der Waals surface area contributed by atoms with E-state index < -0.39 is 7.12 Å². The molecule has 0 aromatic rings. The average Bonchev–Trinajstić information content (AvgIpc) is 2.42. The number of rotatable bonds is 1. The van der Waals surface area contributed by atoms with Crippen LogP contribution < -0.4 is 5.73 Å². The number of allylic oxidation sites excluding steroid dienone is 2. The molecule has 0 saturated heterocycles. The van der Waals surface area contributed by atoms with Crippen LogP contribution in [0.2, 0.25) is 0 Å². The lowest BCUT2D eigenvalue weighted by atomic mass is 9.75. The van der Waals surface area contributed by atoms with E-state index in [4.69, 9.17) is 20.5 Å². The molecule has 1 heterocycles. The van der Waals surface area contributed by atoms with Gasteiger partial charge in [0, 0.05) is 0 Å². The van der Waals surface area contributed by atoms with Crippen molar-refractivity contribution < 1.29 is 14.8 Å². The molecule has 2 aliphatic rings. The van der Waals surface area contributed by atoms with Gasteiger partial charge in [0.1, 0.15) is 12.1 Å². The van der Waals surface area contributed by atoms with Crippen LogP contribution in [0, 0.1) is 0 Å². The summed E-state index contributed by atoms with van der Waals surface area (Å²) in [7, 11) is -1.46. The summed E-state index contributed by atoms with van der Waals surface area (Å²) in [5.74, 6) is 0. The summed E-state index contributed by atoms with van der Waals surface area (Å²) in [4.78, 5) is 3.97. The van der Waals surface area contributed by atoms with Gasteiger partial charge in [0.25, 0.3) is 6.02 Å². The number of amidine groups is 1. The van der Waals surface area contributed by atoms with Gasteiger partial charge in [0.15, 0.2) is 0 Å². The largest absolute Gasteiger partial charge is 0.488 e. The number of aliphatic imine (C=N–C) groups is 1. The Morgan fingerprint density at radius 3 is 3.00 bits per heavy atom. The van der Waals surface area contributed by atoms with Gasteiger partial charge in [-0.3, -0.25) is 0 Å². The predicted molar refractivity (Wildman–Crippen MR) is 47.7 cm³/mol. The maximum Gasteiger partial charge on any atom is 0.488 e. The summed E-state index contributed by atoms with van der Waals surface area (Å²) < 4.78 is 5.13. The van der Waals surface area contributed by atoms with E-state index in [9.17, 15) is 0 Å². The zero-order chi connectivity index (χ0) is 9.42. The summed E-state index contributed by atoms with van der Waals surface area (Å²) in [5.41, 5.74) is 5.78. The highest BCUT2D eigenvalue weighted by Crippen LogP contribution is 2.21. The van der Waals surface area contributed by atoms with Crippen molar-refractivity contribution in [2.24, 2.45) is 10.7 Å². The highest BCUT2D eigenvalue weighted by Gasteiger charge is 2.30. The van der Waals surface area contributed by atoms with Gasteiger partial charge in [-0.1, -0.05) is 12.2 Å². The van der Waals surface area contributed by atoms with Crippen molar-refractivity contribution in [2.45, 2.75) is 12.1 Å². The molecule has 0 aromatic carbocycles. The third kappa shape index (κ3) is 1.45. The van der Waals surface area contributed by atoms with Gasteiger partial charge in [-0.25, -0.2) is 4.99 Å². The Morgan fingerprint density at radius 2 is 2.31 bits per heavy atom. The van der Waals surface area contributed by atoms with Crippen LogP contribution in [0.3, 0.4) is 0 Å². The lowest BCUT2D eigenvalue weighted by Gasteiger charge is -2.15. The van der Waals surface area contributed by atoms with Crippen LogP contribution in [0.25, 0.3) is 0 Å². The first-order valence-corrected chi connectivity index (χ1v) is 3.93. The van der Waals surface area contributed by atoms with Gasteiger partial charge >= 0.3 is 7.12 Å². The van der Waals surface area contributed by atoms with Gasteiger partial charge in [-0.05, 0) is 11.5 Å². The molecule has 2 rings (SSSR count). The molecule has 0 saturated carbocycles. The molecule has 1 aliphatic carbocycles. The molecule has 0 bridgehead atoms. The molecule has 0 aromatic heterocycles. The number of nitrogens with two attached hydrogens (primary N) is 1. The Labute approximate surface area is 75.4 Å². The molecular formula is C7H9BN2O3. The summed E-state index contributed by atoms with van der Waals surface area (Å²) in [6, 6.07) is -0.0774. The first-order chi connectivity index (χ1) is 6.16. The van der Waals surface area contributed by atoms with E-state index in [-0.39, 0.29) is 18.2 Å². The van der Waals surface area contributed by atoms with Gasteiger partial charge in [-0.2, -0.15) is 0 Å². The molecule has 0 radical (unpaired) electrons. The molecule has 68 valence electrons. The molecule has 2 atom stereocenters. The minimum absolute atomic E-state index is 0.143. The van der Waals surface area contributed by atoms with Crippen molar-refractivity contribution in [2.75, 3.05) is 0 Å². The Bertz CT molecular complexity index is 311. The summed E-state index contributed by atoms with van der Waals surface area (Å²) in [6.45, 7) is 0. The van der Waals surface area contributed by atoms with Crippen LogP contribution in [0.4, 0.5) is 0 Å². The maximum atomic E-state index is 8.88. The molecule has 1 aliphatic heterocycles. The van der Waals surface area contributed by atoms with E-state index >= 15 is 0 Å². The monoisotopic (exact) mass is 180 g/mol. The van der Waals surface area contributed by atoms with Crippen LogP contribution in [0.15, 0.2) is 28.7 Å². The van der Waals surface area contributed by atoms with Crippen LogP contribution >= 0.6 is 0 Å². The van der Waals surface area contributed by atoms with Gasteiger partial charge < -0.3 is 20.5 Å². The lowest BCUT2D eigenvalue weighted by molar-refractivity contribution is 0.250. The topological polar surface area (TPSA) is 88.1 Å². The van der Waals surface area contributed by atoms with Crippen molar-refractivity contribution >= 4 is 13.1 Å². The average molecular weight is 180 g/mol. The smallest absolute Gasteiger partial charge is 0.455 e. The van der Waals surface area contributed by atoms with Crippen LogP contribution in [0.5, 0.6) is 0 Å². The second-order valence-electron chi connectivity index (χ2n) is 2.94. The van der Waals surface area contributed by atoms with E-state index in [1.165, 1.54) is 0 Å². The maximum absolute atomic E-state index is 8.88. The van der Waals surface area contributed by atoms with Crippen LogP contribution in [-0.2, 0) is 4.74 Å². The normalized spacial score (nSPS) is 30.3. The van der Waals surface area contributed by atoms with E-state index in [1.54, 1.807) is 18.2 Å².